The lowest BCUT2D eigenvalue weighted by atomic mass is 10.3. The third kappa shape index (κ3) is 1.85. The highest BCUT2D eigenvalue weighted by molar-refractivity contribution is 14.1. The van der Waals surface area contributed by atoms with Crippen LogP contribution < -0.4 is 4.74 Å². The first-order valence-electron chi connectivity index (χ1n) is 3.26. The van der Waals surface area contributed by atoms with Gasteiger partial charge in [-0.2, -0.15) is 0 Å². The molecule has 0 atom stereocenters. The molecule has 0 bridgehead atoms. The van der Waals surface area contributed by atoms with Crippen molar-refractivity contribution in [1.29, 1.82) is 0 Å². The van der Waals surface area contributed by atoms with Crippen molar-refractivity contribution in [3.8, 4) is 5.75 Å². The number of thioether (sulfide) groups is 1. The fraction of sp³-hybridized carbons (Fsp3) is 0.250. The maximum atomic E-state index is 13.1. The van der Waals surface area contributed by atoms with Crippen LogP contribution in [-0.4, -0.2) is 13.4 Å². The Bertz CT molecular complexity index is 262. The van der Waals surface area contributed by atoms with Gasteiger partial charge in [0.15, 0.2) is 0 Å². The molecule has 12 heavy (non-hydrogen) atoms. The summed E-state index contributed by atoms with van der Waals surface area (Å²) in [4.78, 5) is 0.574. The first kappa shape index (κ1) is 10.1. The Morgan fingerprint density at radius 3 is 2.58 bits per heavy atom. The van der Waals surface area contributed by atoms with Crippen molar-refractivity contribution in [3.05, 3.63) is 21.5 Å². The minimum atomic E-state index is -0.222. The highest BCUT2D eigenvalue weighted by Gasteiger charge is 2.11. The van der Waals surface area contributed by atoms with Crippen LogP contribution in [0.15, 0.2) is 17.0 Å². The van der Waals surface area contributed by atoms with Gasteiger partial charge in [0.25, 0.3) is 0 Å². The topological polar surface area (TPSA) is 9.23 Å². The molecule has 0 aromatic heterocycles. The summed E-state index contributed by atoms with van der Waals surface area (Å²) in [6.45, 7) is 0. The summed E-state index contributed by atoms with van der Waals surface area (Å²) in [5, 5.41) is 0. The van der Waals surface area contributed by atoms with Gasteiger partial charge in [0.1, 0.15) is 11.6 Å². The van der Waals surface area contributed by atoms with Crippen LogP contribution in [-0.2, 0) is 0 Å². The minimum Gasteiger partial charge on any atom is -0.494 e. The number of rotatable bonds is 2. The number of methoxy groups -OCH3 is 1. The van der Waals surface area contributed by atoms with Gasteiger partial charge in [-0.15, -0.1) is 11.8 Å². The first-order valence-corrected chi connectivity index (χ1v) is 5.57. The monoisotopic (exact) mass is 298 g/mol. The van der Waals surface area contributed by atoms with Gasteiger partial charge in [0.05, 0.1) is 15.6 Å². The molecule has 0 amide bonds. The fourth-order valence-electron chi connectivity index (χ4n) is 0.895. The van der Waals surface area contributed by atoms with Crippen molar-refractivity contribution in [2.75, 3.05) is 13.4 Å². The Labute approximate surface area is 88.8 Å². The summed E-state index contributed by atoms with van der Waals surface area (Å²) < 4.78 is 19.1. The predicted octanol–water partition coefficient (Wildman–Crippen LogP) is 3.16. The zero-order chi connectivity index (χ0) is 9.14. The van der Waals surface area contributed by atoms with E-state index in [1.165, 1.54) is 17.8 Å². The molecule has 0 heterocycles. The zero-order valence-corrected chi connectivity index (χ0v) is 9.70. The molecule has 0 radical (unpaired) electrons. The van der Waals surface area contributed by atoms with Gasteiger partial charge < -0.3 is 4.74 Å². The molecule has 0 aliphatic heterocycles. The summed E-state index contributed by atoms with van der Waals surface area (Å²) in [6, 6.07) is 3.16. The Balaban J connectivity index is 3.28. The number of ether oxygens (including phenoxy) is 1. The normalized spacial score (nSPS) is 10.0. The van der Waals surface area contributed by atoms with Gasteiger partial charge in [-0.05, 0) is 41.0 Å². The second-order valence-corrected chi connectivity index (χ2v) is 4.07. The smallest absolute Gasteiger partial charge is 0.148 e. The molecule has 4 heteroatoms. The molecule has 0 aliphatic rings. The average molecular weight is 298 g/mol. The van der Waals surface area contributed by atoms with E-state index in [9.17, 15) is 4.39 Å². The van der Waals surface area contributed by atoms with E-state index in [1.807, 2.05) is 6.26 Å². The van der Waals surface area contributed by atoms with Crippen LogP contribution >= 0.6 is 34.4 Å². The fourth-order valence-corrected chi connectivity index (χ4v) is 2.39. The molecule has 1 aromatic rings. The largest absolute Gasteiger partial charge is 0.494 e. The van der Waals surface area contributed by atoms with Gasteiger partial charge in [-0.1, -0.05) is 0 Å². The number of hydrogen-bond donors (Lipinski definition) is 0. The highest BCUT2D eigenvalue weighted by atomic mass is 127. The summed E-state index contributed by atoms with van der Waals surface area (Å²) in [6.07, 6.45) is 1.83. The Morgan fingerprint density at radius 1 is 1.50 bits per heavy atom. The van der Waals surface area contributed by atoms with Crippen LogP contribution in [0, 0.1) is 9.39 Å². The Hall–Kier alpha value is 0.0300. The van der Waals surface area contributed by atoms with Crippen LogP contribution in [0.5, 0.6) is 5.75 Å². The van der Waals surface area contributed by atoms with Gasteiger partial charge in [0, 0.05) is 0 Å². The van der Waals surface area contributed by atoms with Gasteiger partial charge in [-0.25, -0.2) is 4.39 Å². The molecule has 1 rings (SSSR count). The van der Waals surface area contributed by atoms with E-state index < -0.39 is 0 Å². The van der Waals surface area contributed by atoms with Crippen LogP contribution in [0.4, 0.5) is 4.39 Å². The predicted molar refractivity (Wildman–Crippen MR) is 57.5 cm³/mol. The molecule has 1 aromatic carbocycles. The van der Waals surface area contributed by atoms with Crippen molar-refractivity contribution < 1.29 is 9.13 Å². The SMILES string of the molecule is COc1c(I)ccc(F)c1SC. The van der Waals surface area contributed by atoms with Crippen molar-refractivity contribution in [1.82, 2.24) is 0 Å². The summed E-state index contributed by atoms with van der Waals surface area (Å²) in [5.41, 5.74) is 0. The molecule has 0 aliphatic carbocycles. The van der Waals surface area contributed by atoms with Gasteiger partial charge >= 0.3 is 0 Å². The third-order valence-electron chi connectivity index (χ3n) is 1.42. The molecular formula is C8H8FIOS. The van der Waals surface area contributed by atoms with Gasteiger partial charge in [0.2, 0.25) is 0 Å². The van der Waals surface area contributed by atoms with Crippen LogP contribution in [0.1, 0.15) is 0 Å². The van der Waals surface area contributed by atoms with Crippen LogP contribution in [0.25, 0.3) is 0 Å². The lowest BCUT2D eigenvalue weighted by Crippen LogP contribution is -1.92. The molecule has 66 valence electrons. The molecular weight excluding hydrogens is 290 g/mol. The maximum Gasteiger partial charge on any atom is 0.148 e. The molecule has 0 saturated carbocycles. The van der Waals surface area contributed by atoms with E-state index in [2.05, 4.69) is 22.6 Å². The van der Waals surface area contributed by atoms with Crippen molar-refractivity contribution in [2.24, 2.45) is 0 Å². The lowest BCUT2D eigenvalue weighted by molar-refractivity contribution is 0.394. The minimum absolute atomic E-state index is 0.222. The second kappa shape index (κ2) is 4.32. The average Bonchev–Trinajstić information content (AvgIpc) is 2.08. The van der Waals surface area contributed by atoms with E-state index in [0.29, 0.717) is 10.6 Å². The summed E-state index contributed by atoms with van der Waals surface area (Å²) in [7, 11) is 1.55. The Kier molecular flexibility index (Phi) is 3.64. The molecule has 1 nitrogen and oxygen atoms in total. The van der Waals surface area contributed by atoms with E-state index >= 15 is 0 Å². The molecule has 0 spiro atoms. The van der Waals surface area contributed by atoms with Crippen molar-refractivity contribution >= 4 is 34.4 Å². The number of benzene rings is 1. The first-order chi connectivity index (χ1) is 5.70. The van der Waals surface area contributed by atoms with E-state index in [-0.39, 0.29) is 5.82 Å². The molecule has 0 N–H and O–H groups in total. The van der Waals surface area contributed by atoms with E-state index in [1.54, 1.807) is 13.2 Å². The summed E-state index contributed by atoms with van der Waals surface area (Å²) in [5.74, 6) is 0.405. The Morgan fingerprint density at radius 2 is 2.17 bits per heavy atom. The van der Waals surface area contributed by atoms with Crippen molar-refractivity contribution in [3.63, 3.8) is 0 Å². The third-order valence-corrected chi connectivity index (χ3v) is 3.06. The molecule has 0 fully saturated rings. The molecule has 0 saturated heterocycles. The van der Waals surface area contributed by atoms with Crippen LogP contribution in [0.3, 0.4) is 0 Å². The van der Waals surface area contributed by atoms with Gasteiger partial charge in [-0.3, -0.25) is 0 Å². The molecule has 0 unspecified atom stereocenters. The zero-order valence-electron chi connectivity index (χ0n) is 6.73. The van der Waals surface area contributed by atoms with E-state index in [0.717, 1.165) is 3.57 Å². The second-order valence-electron chi connectivity index (χ2n) is 2.10. The highest BCUT2D eigenvalue weighted by Crippen LogP contribution is 2.34. The number of halogens is 2. The lowest BCUT2D eigenvalue weighted by Gasteiger charge is -2.08. The quantitative estimate of drug-likeness (QED) is 0.613. The van der Waals surface area contributed by atoms with Crippen LogP contribution in [0.2, 0.25) is 0 Å². The van der Waals surface area contributed by atoms with E-state index in [4.69, 9.17) is 4.74 Å². The van der Waals surface area contributed by atoms with Crippen molar-refractivity contribution in [2.45, 2.75) is 4.90 Å². The number of hydrogen-bond acceptors (Lipinski definition) is 2. The maximum absolute atomic E-state index is 13.1. The standard InChI is InChI=1S/C8H8FIOS/c1-11-7-6(10)4-3-5(9)8(7)12-2/h3-4H,1-2H3. The summed E-state index contributed by atoms with van der Waals surface area (Å²) >= 11 is 3.48.